The van der Waals surface area contributed by atoms with Gasteiger partial charge in [0.15, 0.2) is 0 Å². The highest BCUT2D eigenvalue weighted by molar-refractivity contribution is 5.77. The van der Waals surface area contributed by atoms with E-state index >= 15 is 0 Å². The van der Waals surface area contributed by atoms with Gasteiger partial charge in [0.25, 0.3) is 0 Å². The molecule has 1 aromatic rings. The minimum absolute atomic E-state index is 0.0783. The molecule has 0 saturated heterocycles. The van der Waals surface area contributed by atoms with E-state index in [0.717, 1.165) is 12.0 Å². The SMILES string of the molecule is CCC(c1cccc(O)c1)C(C)C(N)=O. The summed E-state index contributed by atoms with van der Waals surface area (Å²) in [6.45, 7) is 3.83. The molecule has 82 valence electrons. The van der Waals surface area contributed by atoms with Gasteiger partial charge in [-0.25, -0.2) is 0 Å². The lowest BCUT2D eigenvalue weighted by Gasteiger charge is -2.20. The molecule has 2 unspecified atom stereocenters. The first kappa shape index (κ1) is 11.6. The summed E-state index contributed by atoms with van der Waals surface area (Å²) in [6, 6.07) is 6.99. The molecule has 1 rings (SSSR count). The molecule has 0 aliphatic carbocycles. The molecular weight excluding hydrogens is 190 g/mol. The summed E-state index contributed by atoms with van der Waals surface area (Å²) < 4.78 is 0. The lowest BCUT2D eigenvalue weighted by molar-refractivity contribution is -0.122. The molecule has 3 nitrogen and oxygen atoms in total. The third-order valence-electron chi connectivity index (χ3n) is 2.79. The summed E-state index contributed by atoms with van der Waals surface area (Å²) in [6.07, 6.45) is 0.827. The van der Waals surface area contributed by atoms with Crippen LogP contribution in [0.5, 0.6) is 5.75 Å². The monoisotopic (exact) mass is 207 g/mol. The lowest BCUT2D eigenvalue weighted by atomic mass is 9.85. The van der Waals surface area contributed by atoms with Gasteiger partial charge in [-0.1, -0.05) is 26.0 Å². The second kappa shape index (κ2) is 4.82. The highest BCUT2D eigenvalue weighted by atomic mass is 16.3. The van der Waals surface area contributed by atoms with Crippen molar-refractivity contribution >= 4 is 5.91 Å². The second-order valence-corrected chi connectivity index (χ2v) is 3.80. The van der Waals surface area contributed by atoms with Crippen molar-refractivity contribution in [3.05, 3.63) is 29.8 Å². The van der Waals surface area contributed by atoms with Gasteiger partial charge in [-0.15, -0.1) is 0 Å². The van der Waals surface area contributed by atoms with Crippen LogP contribution in [0.2, 0.25) is 0 Å². The summed E-state index contributed by atoms with van der Waals surface area (Å²) in [5.41, 5.74) is 6.25. The molecule has 0 saturated carbocycles. The Morgan fingerprint density at radius 3 is 2.67 bits per heavy atom. The summed E-state index contributed by atoms with van der Waals surface area (Å²) in [5.74, 6) is -0.209. The molecule has 0 bridgehead atoms. The smallest absolute Gasteiger partial charge is 0.220 e. The number of primary amides is 1. The van der Waals surface area contributed by atoms with E-state index in [2.05, 4.69) is 0 Å². The van der Waals surface area contributed by atoms with Crippen LogP contribution in [-0.2, 0) is 4.79 Å². The van der Waals surface area contributed by atoms with Crippen LogP contribution in [0.15, 0.2) is 24.3 Å². The number of carbonyl (C=O) groups excluding carboxylic acids is 1. The van der Waals surface area contributed by atoms with Crippen molar-refractivity contribution in [2.45, 2.75) is 26.2 Å². The first-order chi connectivity index (χ1) is 7.06. The van der Waals surface area contributed by atoms with E-state index in [-0.39, 0.29) is 23.5 Å². The van der Waals surface area contributed by atoms with Gasteiger partial charge < -0.3 is 10.8 Å². The highest BCUT2D eigenvalue weighted by Crippen LogP contribution is 2.29. The van der Waals surface area contributed by atoms with Gasteiger partial charge in [0.05, 0.1) is 0 Å². The average molecular weight is 207 g/mol. The van der Waals surface area contributed by atoms with Gasteiger partial charge in [0, 0.05) is 5.92 Å². The summed E-state index contributed by atoms with van der Waals surface area (Å²) in [7, 11) is 0. The van der Waals surface area contributed by atoms with E-state index in [9.17, 15) is 9.90 Å². The van der Waals surface area contributed by atoms with Crippen LogP contribution in [0.25, 0.3) is 0 Å². The Morgan fingerprint density at radius 2 is 2.20 bits per heavy atom. The van der Waals surface area contributed by atoms with Crippen LogP contribution >= 0.6 is 0 Å². The third-order valence-corrected chi connectivity index (χ3v) is 2.79. The number of hydrogen-bond donors (Lipinski definition) is 2. The fourth-order valence-corrected chi connectivity index (χ4v) is 1.83. The van der Waals surface area contributed by atoms with Gasteiger partial charge in [0.1, 0.15) is 5.75 Å². The Hall–Kier alpha value is -1.51. The molecule has 0 aliphatic heterocycles. The molecule has 1 amide bonds. The Bertz CT molecular complexity index is 349. The maximum Gasteiger partial charge on any atom is 0.220 e. The van der Waals surface area contributed by atoms with Crippen molar-refractivity contribution in [3.8, 4) is 5.75 Å². The fourth-order valence-electron chi connectivity index (χ4n) is 1.83. The maximum absolute atomic E-state index is 11.1. The number of nitrogens with two attached hydrogens (primary N) is 1. The summed E-state index contributed by atoms with van der Waals surface area (Å²) in [4.78, 5) is 11.1. The van der Waals surface area contributed by atoms with Crippen molar-refractivity contribution in [2.24, 2.45) is 11.7 Å². The zero-order chi connectivity index (χ0) is 11.4. The Morgan fingerprint density at radius 1 is 1.53 bits per heavy atom. The van der Waals surface area contributed by atoms with Gasteiger partial charge in [-0.2, -0.15) is 0 Å². The fraction of sp³-hybridized carbons (Fsp3) is 0.417. The van der Waals surface area contributed by atoms with E-state index in [1.807, 2.05) is 19.9 Å². The predicted molar refractivity (Wildman–Crippen MR) is 59.5 cm³/mol. The first-order valence-electron chi connectivity index (χ1n) is 5.14. The van der Waals surface area contributed by atoms with Crippen molar-refractivity contribution in [2.75, 3.05) is 0 Å². The Kier molecular flexibility index (Phi) is 3.72. The summed E-state index contributed by atoms with van der Waals surface area (Å²) >= 11 is 0. The lowest BCUT2D eigenvalue weighted by Crippen LogP contribution is -2.26. The number of benzene rings is 1. The van der Waals surface area contributed by atoms with Crippen LogP contribution in [0.4, 0.5) is 0 Å². The van der Waals surface area contributed by atoms with Crippen LogP contribution in [0, 0.1) is 5.92 Å². The van der Waals surface area contributed by atoms with E-state index < -0.39 is 0 Å². The zero-order valence-corrected chi connectivity index (χ0v) is 9.10. The molecule has 3 N–H and O–H groups in total. The molecule has 0 spiro atoms. The predicted octanol–water partition coefficient (Wildman–Crippen LogP) is 2.01. The van der Waals surface area contributed by atoms with E-state index in [4.69, 9.17) is 5.73 Å². The Balaban J connectivity index is 2.97. The van der Waals surface area contributed by atoms with E-state index in [1.165, 1.54) is 0 Å². The normalized spacial score (nSPS) is 14.5. The summed E-state index contributed by atoms with van der Waals surface area (Å²) in [5, 5.41) is 9.36. The highest BCUT2D eigenvalue weighted by Gasteiger charge is 2.22. The maximum atomic E-state index is 11.1. The van der Waals surface area contributed by atoms with Crippen LogP contribution in [-0.4, -0.2) is 11.0 Å². The number of carbonyl (C=O) groups is 1. The molecule has 0 aliphatic rings. The standard InChI is InChI=1S/C12H17NO2/c1-3-11(8(2)12(13)15)9-5-4-6-10(14)7-9/h4-8,11,14H,3H2,1-2H3,(H2,13,15). The van der Waals surface area contributed by atoms with Crippen molar-refractivity contribution < 1.29 is 9.90 Å². The van der Waals surface area contributed by atoms with Gasteiger partial charge in [0.2, 0.25) is 5.91 Å². The average Bonchev–Trinajstić information content (AvgIpc) is 2.18. The number of rotatable bonds is 4. The van der Waals surface area contributed by atoms with E-state index in [0.29, 0.717) is 0 Å². The largest absolute Gasteiger partial charge is 0.508 e. The molecule has 0 radical (unpaired) electrons. The van der Waals surface area contributed by atoms with Gasteiger partial charge >= 0.3 is 0 Å². The molecule has 0 aromatic heterocycles. The zero-order valence-electron chi connectivity index (χ0n) is 9.10. The first-order valence-corrected chi connectivity index (χ1v) is 5.14. The number of phenolic OH excluding ortho intramolecular Hbond substituents is 1. The molecular formula is C12H17NO2. The van der Waals surface area contributed by atoms with Crippen LogP contribution in [0.3, 0.4) is 0 Å². The topological polar surface area (TPSA) is 63.3 Å². The molecule has 0 heterocycles. The molecule has 2 atom stereocenters. The van der Waals surface area contributed by atoms with Gasteiger partial charge in [-0.05, 0) is 30.0 Å². The van der Waals surface area contributed by atoms with Gasteiger partial charge in [-0.3, -0.25) is 4.79 Å². The second-order valence-electron chi connectivity index (χ2n) is 3.80. The minimum atomic E-state index is -0.301. The molecule has 3 heteroatoms. The number of phenols is 1. The number of hydrogen-bond acceptors (Lipinski definition) is 2. The van der Waals surface area contributed by atoms with Crippen LogP contribution < -0.4 is 5.73 Å². The Labute approximate surface area is 89.9 Å². The minimum Gasteiger partial charge on any atom is -0.508 e. The third kappa shape index (κ3) is 2.72. The van der Waals surface area contributed by atoms with Crippen molar-refractivity contribution in [1.82, 2.24) is 0 Å². The molecule has 1 aromatic carbocycles. The number of amides is 1. The molecule has 15 heavy (non-hydrogen) atoms. The number of aromatic hydroxyl groups is 1. The van der Waals surface area contributed by atoms with E-state index in [1.54, 1.807) is 18.2 Å². The van der Waals surface area contributed by atoms with Crippen LogP contribution in [0.1, 0.15) is 31.7 Å². The van der Waals surface area contributed by atoms with Crippen molar-refractivity contribution in [3.63, 3.8) is 0 Å². The van der Waals surface area contributed by atoms with Crippen molar-refractivity contribution in [1.29, 1.82) is 0 Å². The quantitative estimate of drug-likeness (QED) is 0.793. The molecule has 0 fully saturated rings.